The number of carbonyl (C=O) groups is 1. The maximum absolute atomic E-state index is 12.9. The predicted molar refractivity (Wildman–Crippen MR) is 117 cm³/mol. The summed E-state index contributed by atoms with van der Waals surface area (Å²) < 4.78 is 13.4. The van der Waals surface area contributed by atoms with Crippen LogP contribution in [-0.2, 0) is 17.8 Å². The molecule has 9 heteroatoms. The molecule has 0 bridgehead atoms. The largest absolute Gasteiger partial charge is 0.497 e. The molecule has 2 aromatic heterocycles. The third-order valence-electron chi connectivity index (χ3n) is 4.73. The third-order valence-corrected chi connectivity index (χ3v) is 4.73. The lowest BCUT2D eigenvalue weighted by Gasteiger charge is -2.15. The van der Waals surface area contributed by atoms with Crippen LogP contribution in [0.4, 0.5) is 5.69 Å². The summed E-state index contributed by atoms with van der Waals surface area (Å²) in [5.74, 6) is 0.967. The molecule has 3 aromatic rings. The van der Waals surface area contributed by atoms with E-state index in [1.807, 2.05) is 26.8 Å². The highest BCUT2D eigenvalue weighted by atomic mass is 16.5. The van der Waals surface area contributed by atoms with E-state index in [0.29, 0.717) is 35.2 Å². The Kier molecular flexibility index (Phi) is 6.74. The van der Waals surface area contributed by atoms with Crippen molar-refractivity contribution in [2.45, 2.75) is 40.2 Å². The van der Waals surface area contributed by atoms with Crippen molar-refractivity contribution in [3.63, 3.8) is 0 Å². The molecule has 1 aromatic carbocycles. The molecule has 0 radical (unpaired) electrons. The van der Waals surface area contributed by atoms with Gasteiger partial charge in [-0.1, -0.05) is 13.3 Å². The van der Waals surface area contributed by atoms with Gasteiger partial charge in [0.15, 0.2) is 0 Å². The van der Waals surface area contributed by atoms with Crippen LogP contribution >= 0.6 is 0 Å². The molecule has 0 unspecified atom stereocenters. The first-order chi connectivity index (χ1) is 14.9. The predicted octanol–water partition coefficient (Wildman–Crippen LogP) is 2.65. The minimum Gasteiger partial charge on any atom is -0.497 e. The van der Waals surface area contributed by atoms with Gasteiger partial charge < -0.3 is 14.8 Å². The fourth-order valence-electron chi connectivity index (χ4n) is 3.31. The standard InChI is InChI=1S/C22H27N5O4/c1-6-7-16-11-21(29)26(22(23-16)27-15(3)10-14(2)25-27)13-20(28)24-18-12-17(30-4)8-9-19(18)31-5/h8-12H,6-7,13H2,1-5H3,(H,24,28). The molecule has 0 atom stereocenters. The van der Waals surface area contributed by atoms with Crippen LogP contribution in [0, 0.1) is 13.8 Å². The van der Waals surface area contributed by atoms with Crippen molar-refractivity contribution in [3.8, 4) is 17.4 Å². The van der Waals surface area contributed by atoms with Crippen molar-refractivity contribution in [1.29, 1.82) is 0 Å². The number of methoxy groups -OCH3 is 2. The van der Waals surface area contributed by atoms with Gasteiger partial charge in [0.2, 0.25) is 11.9 Å². The van der Waals surface area contributed by atoms with Crippen LogP contribution in [0.2, 0.25) is 0 Å². The number of aromatic nitrogens is 4. The van der Waals surface area contributed by atoms with Crippen LogP contribution in [0.15, 0.2) is 35.1 Å². The van der Waals surface area contributed by atoms with E-state index in [4.69, 9.17) is 9.47 Å². The molecule has 0 saturated carbocycles. The Morgan fingerprint density at radius 2 is 1.90 bits per heavy atom. The highest BCUT2D eigenvalue weighted by Gasteiger charge is 2.17. The van der Waals surface area contributed by atoms with Crippen molar-refractivity contribution in [2.75, 3.05) is 19.5 Å². The second kappa shape index (κ2) is 9.46. The highest BCUT2D eigenvalue weighted by molar-refractivity contribution is 5.92. The van der Waals surface area contributed by atoms with Gasteiger partial charge in [0.1, 0.15) is 18.0 Å². The summed E-state index contributed by atoms with van der Waals surface area (Å²) in [6.07, 6.45) is 1.51. The van der Waals surface area contributed by atoms with Gasteiger partial charge in [-0.2, -0.15) is 5.10 Å². The lowest BCUT2D eigenvalue weighted by Crippen LogP contribution is -2.32. The fourth-order valence-corrected chi connectivity index (χ4v) is 3.31. The number of hydrogen-bond acceptors (Lipinski definition) is 6. The summed E-state index contributed by atoms with van der Waals surface area (Å²) in [5.41, 5.74) is 2.42. The van der Waals surface area contributed by atoms with E-state index in [1.165, 1.54) is 24.9 Å². The van der Waals surface area contributed by atoms with E-state index in [0.717, 1.165) is 17.8 Å². The van der Waals surface area contributed by atoms with E-state index in [9.17, 15) is 9.59 Å². The summed E-state index contributed by atoms with van der Waals surface area (Å²) in [6, 6.07) is 8.45. The molecule has 0 fully saturated rings. The van der Waals surface area contributed by atoms with Crippen molar-refractivity contribution in [2.24, 2.45) is 0 Å². The van der Waals surface area contributed by atoms with E-state index < -0.39 is 5.91 Å². The molecule has 31 heavy (non-hydrogen) atoms. The number of carbonyl (C=O) groups excluding carboxylic acids is 1. The number of hydrogen-bond donors (Lipinski definition) is 1. The van der Waals surface area contributed by atoms with Gasteiger partial charge in [-0.3, -0.25) is 14.2 Å². The summed E-state index contributed by atoms with van der Waals surface area (Å²) in [4.78, 5) is 30.4. The van der Waals surface area contributed by atoms with Gasteiger partial charge in [-0.15, -0.1) is 0 Å². The number of rotatable bonds is 8. The average molecular weight is 425 g/mol. The molecule has 0 aliphatic carbocycles. The Morgan fingerprint density at radius 1 is 1.13 bits per heavy atom. The third kappa shape index (κ3) is 4.93. The van der Waals surface area contributed by atoms with Crippen LogP contribution in [0.3, 0.4) is 0 Å². The molecule has 2 heterocycles. The average Bonchev–Trinajstić information content (AvgIpc) is 3.07. The number of aryl methyl sites for hydroxylation is 3. The number of ether oxygens (including phenoxy) is 2. The molecule has 1 amide bonds. The normalized spacial score (nSPS) is 10.7. The molecule has 164 valence electrons. The zero-order chi connectivity index (χ0) is 22.5. The van der Waals surface area contributed by atoms with E-state index in [-0.39, 0.29) is 12.1 Å². The zero-order valence-corrected chi connectivity index (χ0v) is 18.4. The number of amides is 1. The quantitative estimate of drug-likeness (QED) is 0.596. The molecule has 3 rings (SSSR count). The molecule has 0 aliphatic heterocycles. The summed E-state index contributed by atoms with van der Waals surface area (Å²) in [6.45, 7) is 5.53. The van der Waals surface area contributed by atoms with Gasteiger partial charge in [0.05, 0.1) is 25.6 Å². The van der Waals surface area contributed by atoms with Crippen molar-refractivity contribution in [3.05, 3.63) is 57.8 Å². The van der Waals surface area contributed by atoms with Gasteiger partial charge >= 0.3 is 0 Å². The zero-order valence-electron chi connectivity index (χ0n) is 18.4. The molecular weight excluding hydrogens is 398 g/mol. The molecule has 0 aliphatic rings. The van der Waals surface area contributed by atoms with Gasteiger partial charge in [0.25, 0.3) is 5.56 Å². The topological polar surface area (TPSA) is 100 Å². The van der Waals surface area contributed by atoms with E-state index in [1.54, 1.807) is 22.9 Å². The molecular formula is C22H27N5O4. The first kappa shape index (κ1) is 22.1. The number of nitrogens with zero attached hydrogens (tertiary/aromatic N) is 4. The molecule has 1 N–H and O–H groups in total. The van der Waals surface area contributed by atoms with Crippen LogP contribution in [0.5, 0.6) is 11.5 Å². The Balaban J connectivity index is 1.98. The minimum absolute atomic E-state index is 0.230. The first-order valence-corrected chi connectivity index (χ1v) is 10.0. The van der Waals surface area contributed by atoms with Crippen molar-refractivity contribution >= 4 is 11.6 Å². The van der Waals surface area contributed by atoms with Crippen LogP contribution < -0.4 is 20.3 Å². The van der Waals surface area contributed by atoms with Crippen LogP contribution in [-0.4, -0.2) is 39.5 Å². The number of nitrogens with one attached hydrogen (secondary N) is 1. The first-order valence-electron chi connectivity index (χ1n) is 10.0. The minimum atomic E-state index is -0.401. The Bertz CT molecular complexity index is 1150. The maximum Gasteiger partial charge on any atom is 0.255 e. The van der Waals surface area contributed by atoms with Gasteiger partial charge in [-0.05, 0) is 38.5 Å². The van der Waals surface area contributed by atoms with Crippen LogP contribution in [0.1, 0.15) is 30.4 Å². The fraction of sp³-hybridized carbons (Fsp3) is 0.364. The van der Waals surface area contributed by atoms with Gasteiger partial charge in [0, 0.05) is 23.5 Å². The molecule has 0 saturated heterocycles. The van der Waals surface area contributed by atoms with E-state index >= 15 is 0 Å². The summed E-state index contributed by atoms with van der Waals surface area (Å²) in [5, 5.41) is 7.24. The van der Waals surface area contributed by atoms with Crippen molar-refractivity contribution < 1.29 is 14.3 Å². The monoisotopic (exact) mass is 425 g/mol. The second-order valence-corrected chi connectivity index (χ2v) is 7.18. The smallest absolute Gasteiger partial charge is 0.255 e. The van der Waals surface area contributed by atoms with E-state index in [2.05, 4.69) is 15.4 Å². The van der Waals surface area contributed by atoms with Gasteiger partial charge in [-0.25, -0.2) is 9.67 Å². The molecule has 0 spiro atoms. The molecule has 9 nitrogen and oxygen atoms in total. The van der Waals surface area contributed by atoms with Crippen molar-refractivity contribution in [1.82, 2.24) is 19.3 Å². The summed E-state index contributed by atoms with van der Waals surface area (Å²) in [7, 11) is 3.05. The number of benzene rings is 1. The maximum atomic E-state index is 12.9. The summed E-state index contributed by atoms with van der Waals surface area (Å²) >= 11 is 0. The van der Waals surface area contributed by atoms with Crippen LogP contribution in [0.25, 0.3) is 5.95 Å². The lowest BCUT2D eigenvalue weighted by molar-refractivity contribution is -0.116. The Labute approximate surface area is 180 Å². The number of anilines is 1. The Morgan fingerprint density at radius 3 is 2.52 bits per heavy atom. The second-order valence-electron chi connectivity index (χ2n) is 7.18. The Hall–Kier alpha value is -3.62. The lowest BCUT2D eigenvalue weighted by atomic mass is 10.2. The SMILES string of the molecule is CCCc1cc(=O)n(CC(=O)Nc2cc(OC)ccc2OC)c(-n2nc(C)cc2C)n1. The highest BCUT2D eigenvalue weighted by Crippen LogP contribution is 2.28.